The third kappa shape index (κ3) is 4.00. The van der Waals surface area contributed by atoms with Gasteiger partial charge in [-0.05, 0) is 18.3 Å². The van der Waals surface area contributed by atoms with E-state index in [0.29, 0.717) is 25.7 Å². The minimum absolute atomic E-state index is 0.143. The molecule has 3 atom stereocenters. The molecule has 1 saturated carbocycles. The van der Waals surface area contributed by atoms with E-state index in [9.17, 15) is 26.3 Å². The highest BCUT2D eigenvalue weighted by Gasteiger charge is 2.61. The van der Waals surface area contributed by atoms with Gasteiger partial charge in [0.25, 0.3) is 0 Å². The van der Waals surface area contributed by atoms with Crippen molar-refractivity contribution in [2.75, 3.05) is 0 Å². The van der Waals surface area contributed by atoms with Crippen molar-refractivity contribution in [1.82, 2.24) is 0 Å². The van der Waals surface area contributed by atoms with E-state index in [-0.39, 0.29) is 5.92 Å². The first-order chi connectivity index (χ1) is 8.59. The van der Waals surface area contributed by atoms with Crippen LogP contribution in [0.5, 0.6) is 0 Å². The summed E-state index contributed by atoms with van der Waals surface area (Å²) in [6.45, 7) is 1.78. The number of halogens is 6. The molecular formula is C12H19F6N. The molecule has 3 unspecified atom stereocenters. The molecule has 0 heterocycles. The van der Waals surface area contributed by atoms with E-state index in [2.05, 4.69) is 0 Å². The molecule has 1 rings (SSSR count). The molecular weight excluding hydrogens is 272 g/mol. The summed E-state index contributed by atoms with van der Waals surface area (Å²) in [5.41, 5.74) is 5.39. The van der Waals surface area contributed by atoms with Crippen molar-refractivity contribution in [3.8, 4) is 0 Å². The van der Waals surface area contributed by atoms with E-state index >= 15 is 0 Å². The summed E-state index contributed by atoms with van der Waals surface area (Å²) in [6.07, 6.45) is -7.59. The maximum absolute atomic E-state index is 12.7. The first-order valence-electron chi connectivity index (χ1n) is 6.48. The summed E-state index contributed by atoms with van der Waals surface area (Å²) in [5.74, 6) is -4.26. The van der Waals surface area contributed by atoms with Crippen LogP contribution in [0.2, 0.25) is 0 Å². The van der Waals surface area contributed by atoms with Crippen molar-refractivity contribution in [3.05, 3.63) is 0 Å². The molecule has 1 aliphatic carbocycles. The van der Waals surface area contributed by atoms with Gasteiger partial charge in [0.2, 0.25) is 0 Å². The molecule has 0 bridgehead atoms. The summed E-state index contributed by atoms with van der Waals surface area (Å²) >= 11 is 0. The molecule has 0 aromatic rings. The third-order valence-electron chi connectivity index (χ3n) is 4.08. The van der Waals surface area contributed by atoms with Crippen LogP contribution in [0, 0.1) is 17.8 Å². The molecule has 2 N–H and O–H groups in total. The SMILES string of the molecule is CCC1CCCCC1C(N)C(C(F)(F)F)C(F)(F)F. The lowest BCUT2D eigenvalue weighted by Crippen LogP contribution is -2.54. The fraction of sp³-hybridized carbons (Fsp3) is 1.00. The van der Waals surface area contributed by atoms with Crippen molar-refractivity contribution in [2.24, 2.45) is 23.5 Å². The van der Waals surface area contributed by atoms with Crippen LogP contribution < -0.4 is 5.73 Å². The van der Waals surface area contributed by atoms with Crippen LogP contribution in [-0.2, 0) is 0 Å². The number of hydrogen-bond acceptors (Lipinski definition) is 1. The highest BCUT2D eigenvalue weighted by atomic mass is 19.4. The van der Waals surface area contributed by atoms with E-state index in [1.54, 1.807) is 6.92 Å². The standard InChI is InChI=1S/C12H19F6N/c1-2-7-5-3-4-6-8(7)9(19)10(11(13,14)15)12(16,17)18/h7-10H,2-6,19H2,1H3. The van der Waals surface area contributed by atoms with Gasteiger partial charge in [-0.25, -0.2) is 0 Å². The smallest absolute Gasteiger partial charge is 0.327 e. The number of nitrogens with two attached hydrogens (primary N) is 1. The summed E-state index contributed by atoms with van der Waals surface area (Å²) in [4.78, 5) is 0. The van der Waals surface area contributed by atoms with Gasteiger partial charge in [0, 0.05) is 6.04 Å². The first kappa shape index (κ1) is 16.6. The minimum atomic E-state index is -5.34. The Balaban J connectivity index is 2.95. The monoisotopic (exact) mass is 291 g/mol. The summed E-state index contributed by atoms with van der Waals surface area (Å²) in [7, 11) is 0. The van der Waals surface area contributed by atoms with Crippen molar-refractivity contribution in [1.29, 1.82) is 0 Å². The zero-order valence-electron chi connectivity index (χ0n) is 10.7. The van der Waals surface area contributed by atoms with Crippen LogP contribution in [0.25, 0.3) is 0 Å². The van der Waals surface area contributed by atoms with E-state index in [1.165, 1.54) is 0 Å². The van der Waals surface area contributed by atoms with Crippen LogP contribution in [-0.4, -0.2) is 18.4 Å². The Morgan fingerprint density at radius 2 is 1.47 bits per heavy atom. The Kier molecular flexibility index (Phi) is 5.15. The van der Waals surface area contributed by atoms with Gasteiger partial charge >= 0.3 is 12.4 Å². The second-order valence-electron chi connectivity index (χ2n) is 5.25. The number of alkyl halides is 6. The van der Waals surface area contributed by atoms with Gasteiger partial charge in [-0.3, -0.25) is 0 Å². The molecule has 7 heteroatoms. The largest absolute Gasteiger partial charge is 0.402 e. The van der Waals surface area contributed by atoms with Gasteiger partial charge in [0.15, 0.2) is 5.92 Å². The van der Waals surface area contributed by atoms with Gasteiger partial charge in [-0.2, -0.15) is 26.3 Å². The van der Waals surface area contributed by atoms with Crippen molar-refractivity contribution in [2.45, 2.75) is 57.4 Å². The molecule has 0 aliphatic heterocycles. The van der Waals surface area contributed by atoms with Crippen LogP contribution in [0.3, 0.4) is 0 Å². The predicted octanol–water partition coefficient (Wildman–Crippen LogP) is 4.27. The average molecular weight is 291 g/mol. The lowest BCUT2D eigenvalue weighted by atomic mass is 9.71. The zero-order valence-corrected chi connectivity index (χ0v) is 10.7. The van der Waals surface area contributed by atoms with Gasteiger partial charge in [0.05, 0.1) is 0 Å². The third-order valence-corrected chi connectivity index (χ3v) is 4.08. The Labute approximate surface area is 108 Å². The maximum Gasteiger partial charge on any atom is 0.402 e. The quantitative estimate of drug-likeness (QED) is 0.772. The molecule has 1 nitrogen and oxygen atoms in total. The average Bonchev–Trinajstić information content (AvgIpc) is 2.24. The Hall–Kier alpha value is -0.460. The summed E-state index contributed by atoms with van der Waals surface area (Å²) in [6, 6.07) is -1.90. The van der Waals surface area contributed by atoms with Crippen LogP contribution in [0.1, 0.15) is 39.0 Å². The minimum Gasteiger partial charge on any atom is -0.327 e. The molecule has 0 radical (unpaired) electrons. The number of hydrogen-bond donors (Lipinski definition) is 1. The molecule has 1 aliphatic rings. The van der Waals surface area contributed by atoms with Crippen molar-refractivity contribution < 1.29 is 26.3 Å². The highest BCUT2D eigenvalue weighted by molar-refractivity contribution is 4.92. The Bertz CT molecular complexity index is 271. The maximum atomic E-state index is 12.7. The molecule has 0 spiro atoms. The fourth-order valence-corrected chi connectivity index (χ4v) is 3.12. The lowest BCUT2D eigenvalue weighted by Gasteiger charge is -2.39. The molecule has 0 aromatic carbocycles. The van der Waals surface area contributed by atoms with Gasteiger partial charge in [0.1, 0.15) is 0 Å². The first-order valence-corrected chi connectivity index (χ1v) is 6.48. The van der Waals surface area contributed by atoms with Crippen molar-refractivity contribution in [3.63, 3.8) is 0 Å². The van der Waals surface area contributed by atoms with Crippen LogP contribution in [0.15, 0.2) is 0 Å². The van der Waals surface area contributed by atoms with Crippen molar-refractivity contribution >= 4 is 0 Å². The predicted molar refractivity (Wildman–Crippen MR) is 59.3 cm³/mol. The fourth-order valence-electron chi connectivity index (χ4n) is 3.12. The summed E-state index contributed by atoms with van der Waals surface area (Å²) in [5, 5.41) is 0. The Morgan fingerprint density at radius 1 is 1.00 bits per heavy atom. The number of rotatable bonds is 3. The van der Waals surface area contributed by atoms with Gasteiger partial charge in [-0.1, -0.05) is 32.6 Å². The molecule has 0 aromatic heterocycles. The lowest BCUT2D eigenvalue weighted by molar-refractivity contribution is -0.294. The normalized spacial score (nSPS) is 27.6. The zero-order chi connectivity index (χ0) is 14.8. The van der Waals surface area contributed by atoms with E-state index in [0.717, 1.165) is 6.42 Å². The molecule has 0 amide bonds. The summed E-state index contributed by atoms with van der Waals surface area (Å²) < 4.78 is 75.9. The van der Waals surface area contributed by atoms with Gasteiger partial charge in [-0.15, -0.1) is 0 Å². The van der Waals surface area contributed by atoms with E-state index < -0.39 is 30.2 Å². The van der Waals surface area contributed by atoms with E-state index in [1.807, 2.05) is 0 Å². The van der Waals surface area contributed by atoms with Gasteiger partial charge < -0.3 is 5.73 Å². The molecule has 114 valence electrons. The highest BCUT2D eigenvalue weighted by Crippen LogP contribution is 2.46. The van der Waals surface area contributed by atoms with Crippen LogP contribution in [0.4, 0.5) is 26.3 Å². The molecule has 0 saturated heterocycles. The topological polar surface area (TPSA) is 26.0 Å². The Morgan fingerprint density at radius 3 is 1.89 bits per heavy atom. The second kappa shape index (κ2) is 5.89. The second-order valence-corrected chi connectivity index (χ2v) is 5.25. The van der Waals surface area contributed by atoms with Crippen LogP contribution >= 0.6 is 0 Å². The molecule has 1 fully saturated rings. The van der Waals surface area contributed by atoms with E-state index in [4.69, 9.17) is 5.73 Å². The molecule has 19 heavy (non-hydrogen) atoms.